The predicted octanol–water partition coefficient (Wildman–Crippen LogP) is 2.49. The van der Waals surface area contributed by atoms with Crippen molar-refractivity contribution in [2.45, 2.75) is 32.1 Å². The zero-order valence-corrected chi connectivity index (χ0v) is 9.67. The van der Waals surface area contributed by atoms with Gasteiger partial charge in [0.1, 0.15) is 0 Å². The Kier molecular flexibility index (Phi) is 2.63. The van der Waals surface area contributed by atoms with Crippen LogP contribution in [0, 0.1) is 5.92 Å². The maximum Gasteiger partial charge on any atom is 0.167 e. The first-order valence-electron chi connectivity index (χ1n) is 6.15. The van der Waals surface area contributed by atoms with E-state index in [0.29, 0.717) is 17.9 Å². The van der Waals surface area contributed by atoms with E-state index in [9.17, 15) is 4.79 Å². The molecule has 4 heteroatoms. The second-order valence-corrected chi connectivity index (χ2v) is 4.74. The maximum atomic E-state index is 12.2. The highest BCUT2D eigenvalue weighted by atomic mass is 16.1. The molecule has 1 saturated carbocycles. The highest BCUT2D eigenvalue weighted by Gasteiger charge is 2.21. The molecule has 2 aromatic heterocycles. The number of rotatable bonds is 3. The van der Waals surface area contributed by atoms with E-state index in [1.54, 1.807) is 29.3 Å². The Morgan fingerprint density at radius 3 is 3.00 bits per heavy atom. The first kappa shape index (κ1) is 10.4. The Morgan fingerprint density at radius 1 is 1.35 bits per heavy atom. The fourth-order valence-electron chi connectivity index (χ4n) is 2.64. The quantitative estimate of drug-likeness (QED) is 0.760. The Hall–Kier alpha value is -1.71. The van der Waals surface area contributed by atoms with Gasteiger partial charge in [-0.1, -0.05) is 25.7 Å². The van der Waals surface area contributed by atoms with Crippen molar-refractivity contribution in [3.63, 3.8) is 0 Å². The van der Waals surface area contributed by atoms with Gasteiger partial charge in [-0.2, -0.15) is 5.10 Å². The zero-order valence-electron chi connectivity index (χ0n) is 9.67. The third-order valence-corrected chi connectivity index (χ3v) is 3.57. The first-order chi connectivity index (χ1) is 8.34. The highest BCUT2D eigenvalue weighted by molar-refractivity contribution is 6.02. The van der Waals surface area contributed by atoms with Crippen molar-refractivity contribution in [1.29, 1.82) is 0 Å². The molecule has 0 saturated heterocycles. The first-order valence-corrected chi connectivity index (χ1v) is 6.15. The van der Waals surface area contributed by atoms with E-state index >= 15 is 0 Å². The van der Waals surface area contributed by atoms with Crippen molar-refractivity contribution in [3.05, 3.63) is 30.4 Å². The van der Waals surface area contributed by atoms with Gasteiger partial charge in [-0.3, -0.25) is 9.78 Å². The Morgan fingerprint density at radius 2 is 2.18 bits per heavy atom. The van der Waals surface area contributed by atoms with Gasteiger partial charge in [0.05, 0.1) is 23.5 Å². The summed E-state index contributed by atoms with van der Waals surface area (Å²) in [5.41, 5.74) is 1.53. The minimum absolute atomic E-state index is 0.208. The van der Waals surface area contributed by atoms with Crippen molar-refractivity contribution >= 4 is 11.3 Å². The van der Waals surface area contributed by atoms with Gasteiger partial charge in [-0.15, -0.1) is 0 Å². The summed E-state index contributed by atoms with van der Waals surface area (Å²) in [6, 6.07) is 0. The molecule has 0 atom stereocenters. The molecule has 0 spiro atoms. The van der Waals surface area contributed by atoms with E-state index < -0.39 is 0 Å². The van der Waals surface area contributed by atoms with Crippen molar-refractivity contribution < 1.29 is 4.79 Å². The van der Waals surface area contributed by atoms with Crippen molar-refractivity contribution in [2.24, 2.45) is 5.92 Å². The van der Waals surface area contributed by atoms with Crippen LogP contribution in [-0.4, -0.2) is 20.4 Å². The van der Waals surface area contributed by atoms with Gasteiger partial charge in [0.2, 0.25) is 0 Å². The van der Waals surface area contributed by atoms with E-state index in [1.807, 2.05) is 0 Å². The highest BCUT2D eigenvalue weighted by Crippen LogP contribution is 2.29. The average Bonchev–Trinajstić information content (AvgIpc) is 2.96. The van der Waals surface area contributed by atoms with E-state index in [1.165, 1.54) is 25.7 Å². The van der Waals surface area contributed by atoms with Gasteiger partial charge in [0.25, 0.3) is 0 Å². The fraction of sp³-hybridized carbons (Fsp3) is 0.462. The standard InChI is InChI=1S/C13H15N3O/c17-13(7-10-3-1-2-4-10)11-8-15-16-6-5-14-9-12(11)16/h5-6,8-10H,1-4,7H2. The molecular weight excluding hydrogens is 214 g/mol. The molecule has 1 fully saturated rings. The lowest BCUT2D eigenvalue weighted by atomic mass is 9.98. The maximum absolute atomic E-state index is 12.2. The van der Waals surface area contributed by atoms with Gasteiger partial charge in [-0.05, 0) is 5.92 Å². The van der Waals surface area contributed by atoms with Crippen molar-refractivity contribution in [3.8, 4) is 0 Å². The molecule has 3 rings (SSSR count). The molecule has 88 valence electrons. The lowest BCUT2D eigenvalue weighted by Gasteiger charge is -2.06. The molecule has 0 N–H and O–H groups in total. The molecule has 0 bridgehead atoms. The molecule has 0 unspecified atom stereocenters. The number of aromatic nitrogens is 3. The molecule has 2 aromatic rings. The summed E-state index contributed by atoms with van der Waals surface area (Å²) in [5.74, 6) is 0.786. The van der Waals surface area contributed by atoms with Crippen LogP contribution in [0.25, 0.3) is 5.52 Å². The summed E-state index contributed by atoms with van der Waals surface area (Å²) in [5, 5.41) is 4.17. The summed E-state index contributed by atoms with van der Waals surface area (Å²) in [7, 11) is 0. The molecule has 4 nitrogen and oxygen atoms in total. The number of carbonyl (C=O) groups excluding carboxylic acids is 1. The molecule has 0 amide bonds. The zero-order chi connectivity index (χ0) is 11.7. The van der Waals surface area contributed by atoms with Crippen LogP contribution >= 0.6 is 0 Å². The number of carbonyl (C=O) groups is 1. The second kappa shape index (κ2) is 4.28. The van der Waals surface area contributed by atoms with Crippen LogP contribution in [-0.2, 0) is 0 Å². The van der Waals surface area contributed by atoms with Crippen LogP contribution in [0.2, 0.25) is 0 Å². The van der Waals surface area contributed by atoms with E-state index in [4.69, 9.17) is 0 Å². The Bertz CT molecular complexity index is 540. The normalized spacial score (nSPS) is 16.7. The van der Waals surface area contributed by atoms with Crippen molar-refractivity contribution in [1.82, 2.24) is 14.6 Å². The summed E-state index contributed by atoms with van der Waals surface area (Å²) in [6.07, 6.45) is 12.4. The van der Waals surface area contributed by atoms with Gasteiger partial charge in [0.15, 0.2) is 5.78 Å². The number of nitrogens with zero attached hydrogens (tertiary/aromatic N) is 3. The molecule has 2 heterocycles. The third kappa shape index (κ3) is 1.95. The minimum Gasteiger partial charge on any atom is -0.294 e. The van der Waals surface area contributed by atoms with Crippen LogP contribution in [0.1, 0.15) is 42.5 Å². The molecule has 1 aliphatic rings. The molecule has 17 heavy (non-hydrogen) atoms. The van der Waals surface area contributed by atoms with Gasteiger partial charge >= 0.3 is 0 Å². The Labute approximate surface area is 99.7 Å². The summed E-state index contributed by atoms with van der Waals surface area (Å²) >= 11 is 0. The lowest BCUT2D eigenvalue weighted by Crippen LogP contribution is -2.05. The number of Topliss-reactive ketones (excluding diaryl/α,β-unsaturated/α-hetero) is 1. The van der Waals surface area contributed by atoms with Gasteiger partial charge in [0, 0.05) is 18.8 Å². The summed E-state index contributed by atoms with van der Waals surface area (Å²) in [6.45, 7) is 0. The second-order valence-electron chi connectivity index (χ2n) is 4.74. The number of fused-ring (bicyclic) bond motifs is 1. The number of hydrogen-bond donors (Lipinski definition) is 0. The largest absolute Gasteiger partial charge is 0.294 e. The SMILES string of the molecule is O=C(CC1CCCC1)c1cnn2ccncc12. The summed E-state index contributed by atoms with van der Waals surface area (Å²) < 4.78 is 1.70. The molecule has 0 radical (unpaired) electrons. The lowest BCUT2D eigenvalue weighted by molar-refractivity contribution is 0.0963. The molecule has 1 aliphatic carbocycles. The van der Waals surface area contributed by atoms with Crippen LogP contribution in [0.3, 0.4) is 0 Å². The van der Waals surface area contributed by atoms with Gasteiger partial charge in [-0.25, -0.2) is 4.52 Å². The predicted molar refractivity (Wildman–Crippen MR) is 63.9 cm³/mol. The number of ketones is 1. The Balaban J connectivity index is 1.85. The monoisotopic (exact) mass is 229 g/mol. The van der Waals surface area contributed by atoms with Crippen LogP contribution in [0.5, 0.6) is 0 Å². The minimum atomic E-state index is 0.208. The fourth-order valence-corrected chi connectivity index (χ4v) is 2.64. The van der Waals surface area contributed by atoms with Crippen LogP contribution in [0.15, 0.2) is 24.8 Å². The van der Waals surface area contributed by atoms with Gasteiger partial charge < -0.3 is 0 Å². The summed E-state index contributed by atoms with van der Waals surface area (Å²) in [4.78, 5) is 16.2. The van der Waals surface area contributed by atoms with Crippen LogP contribution in [0.4, 0.5) is 0 Å². The molecular formula is C13H15N3O. The topological polar surface area (TPSA) is 47.3 Å². The van der Waals surface area contributed by atoms with E-state index in [0.717, 1.165) is 5.52 Å². The smallest absolute Gasteiger partial charge is 0.167 e. The van der Waals surface area contributed by atoms with Crippen LogP contribution < -0.4 is 0 Å². The van der Waals surface area contributed by atoms with Crippen molar-refractivity contribution in [2.75, 3.05) is 0 Å². The van der Waals surface area contributed by atoms with E-state index in [2.05, 4.69) is 10.1 Å². The number of hydrogen-bond acceptors (Lipinski definition) is 3. The average molecular weight is 229 g/mol. The molecule has 0 aromatic carbocycles. The third-order valence-electron chi connectivity index (χ3n) is 3.57. The van der Waals surface area contributed by atoms with E-state index in [-0.39, 0.29) is 5.78 Å². The molecule has 0 aliphatic heterocycles.